The lowest BCUT2D eigenvalue weighted by molar-refractivity contribution is -0.199. The summed E-state index contributed by atoms with van der Waals surface area (Å²) in [6.45, 7) is 4.15. The minimum Gasteiger partial charge on any atom is -0.388 e. The third-order valence-corrected chi connectivity index (χ3v) is 7.08. The van der Waals surface area contributed by atoms with Gasteiger partial charge in [-0.25, -0.2) is 4.98 Å². The average molecular weight is 388 g/mol. The van der Waals surface area contributed by atoms with Crippen LogP contribution in [0.4, 0.5) is 5.82 Å². The molecule has 1 aliphatic carbocycles. The Morgan fingerprint density at radius 2 is 1.96 bits per heavy atom. The molecular formula is C22H33N3O3. The van der Waals surface area contributed by atoms with Crippen molar-refractivity contribution in [1.29, 1.82) is 0 Å². The highest BCUT2D eigenvalue weighted by Crippen LogP contribution is 2.41. The van der Waals surface area contributed by atoms with Crippen LogP contribution in [0.2, 0.25) is 0 Å². The third-order valence-electron chi connectivity index (χ3n) is 7.08. The van der Waals surface area contributed by atoms with Crippen molar-refractivity contribution in [3.05, 3.63) is 24.4 Å². The van der Waals surface area contributed by atoms with Gasteiger partial charge in [-0.2, -0.15) is 0 Å². The van der Waals surface area contributed by atoms with Gasteiger partial charge in [0.2, 0.25) is 5.91 Å². The molecule has 0 aromatic carbocycles. The summed E-state index contributed by atoms with van der Waals surface area (Å²) in [5.41, 5.74) is -1.21. The molecule has 2 saturated heterocycles. The summed E-state index contributed by atoms with van der Waals surface area (Å²) in [6.07, 6.45) is 8.67. The van der Waals surface area contributed by atoms with Crippen LogP contribution in [0.25, 0.3) is 0 Å². The number of anilines is 1. The number of ether oxygens (including phenoxy) is 1. The zero-order valence-corrected chi connectivity index (χ0v) is 16.9. The van der Waals surface area contributed by atoms with Crippen molar-refractivity contribution in [2.75, 3.05) is 24.6 Å². The maximum Gasteiger partial charge on any atom is 0.223 e. The van der Waals surface area contributed by atoms with Crippen LogP contribution >= 0.6 is 0 Å². The Hall–Kier alpha value is -1.66. The molecule has 3 fully saturated rings. The van der Waals surface area contributed by atoms with Crippen LogP contribution in [0, 0.1) is 5.92 Å². The Labute approximate surface area is 167 Å². The number of piperidine rings is 1. The molecule has 3 aliphatic rings. The van der Waals surface area contributed by atoms with Crippen molar-refractivity contribution < 1.29 is 14.6 Å². The predicted octanol–water partition coefficient (Wildman–Crippen LogP) is 2.66. The summed E-state index contributed by atoms with van der Waals surface area (Å²) < 4.78 is 6.18. The maximum absolute atomic E-state index is 12.8. The zero-order valence-electron chi connectivity index (χ0n) is 16.9. The number of carbonyl (C=O) groups excluding carboxylic acids is 1. The summed E-state index contributed by atoms with van der Waals surface area (Å²) in [5, 5.41) is 14.6. The third kappa shape index (κ3) is 3.77. The summed E-state index contributed by atoms with van der Waals surface area (Å²) in [7, 11) is 0. The Balaban J connectivity index is 1.42. The van der Waals surface area contributed by atoms with Crippen molar-refractivity contribution in [2.45, 2.75) is 75.5 Å². The minimum absolute atomic E-state index is 0.0996. The van der Waals surface area contributed by atoms with E-state index in [4.69, 9.17) is 4.74 Å². The van der Waals surface area contributed by atoms with Gasteiger partial charge < -0.3 is 20.1 Å². The quantitative estimate of drug-likeness (QED) is 0.834. The lowest BCUT2D eigenvalue weighted by Gasteiger charge is -2.54. The number of nitrogens with one attached hydrogen (secondary N) is 1. The molecule has 2 atom stereocenters. The fourth-order valence-corrected chi connectivity index (χ4v) is 5.21. The first kappa shape index (κ1) is 19.6. The molecular weight excluding hydrogens is 354 g/mol. The lowest BCUT2D eigenvalue weighted by Crippen LogP contribution is -2.69. The number of nitrogens with zero attached hydrogens (tertiary/aromatic N) is 2. The molecule has 2 aliphatic heterocycles. The molecule has 6 nitrogen and oxygen atoms in total. The van der Waals surface area contributed by atoms with Gasteiger partial charge in [0.25, 0.3) is 0 Å². The molecule has 6 heteroatoms. The predicted molar refractivity (Wildman–Crippen MR) is 108 cm³/mol. The maximum atomic E-state index is 12.8. The second kappa shape index (κ2) is 7.99. The van der Waals surface area contributed by atoms with Gasteiger partial charge in [0.15, 0.2) is 0 Å². The molecule has 0 unspecified atom stereocenters. The monoisotopic (exact) mass is 387 g/mol. The minimum atomic E-state index is -0.702. The first-order valence-corrected chi connectivity index (χ1v) is 10.8. The first-order valence-electron chi connectivity index (χ1n) is 10.8. The number of hydrogen-bond acceptors (Lipinski definition) is 5. The fraction of sp³-hybridized carbons (Fsp3) is 0.727. The van der Waals surface area contributed by atoms with E-state index in [0.717, 1.165) is 57.4 Å². The summed E-state index contributed by atoms with van der Waals surface area (Å²) in [4.78, 5) is 19.5. The Morgan fingerprint density at radius 3 is 2.64 bits per heavy atom. The van der Waals surface area contributed by atoms with E-state index in [-0.39, 0.29) is 11.8 Å². The molecule has 0 radical (unpaired) electrons. The van der Waals surface area contributed by atoms with E-state index in [0.29, 0.717) is 13.0 Å². The number of pyridine rings is 1. The molecule has 4 rings (SSSR count). The van der Waals surface area contributed by atoms with E-state index in [1.807, 2.05) is 31.3 Å². The molecule has 28 heavy (non-hydrogen) atoms. The number of aliphatic hydroxyl groups excluding tert-OH is 1. The van der Waals surface area contributed by atoms with E-state index in [2.05, 4.69) is 15.2 Å². The average Bonchev–Trinajstić information content (AvgIpc) is 2.74. The second-order valence-corrected chi connectivity index (χ2v) is 8.98. The number of aliphatic hydroxyl groups is 1. The van der Waals surface area contributed by atoms with Crippen LogP contribution < -0.4 is 10.2 Å². The largest absolute Gasteiger partial charge is 0.388 e. The van der Waals surface area contributed by atoms with Crippen molar-refractivity contribution >= 4 is 11.7 Å². The molecule has 1 saturated carbocycles. The van der Waals surface area contributed by atoms with E-state index >= 15 is 0 Å². The molecule has 0 bridgehead atoms. The molecule has 2 N–H and O–H groups in total. The highest BCUT2D eigenvalue weighted by Gasteiger charge is 2.54. The van der Waals surface area contributed by atoms with Crippen molar-refractivity contribution in [3.63, 3.8) is 0 Å². The van der Waals surface area contributed by atoms with Gasteiger partial charge in [-0.1, -0.05) is 25.3 Å². The highest BCUT2D eigenvalue weighted by atomic mass is 16.5. The molecule has 1 spiro atoms. The number of rotatable bonds is 3. The summed E-state index contributed by atoms with van der Waals surface area (Å²) in [5.74, 6) is 1.18. The van der Waals surface area contributed by atoms with E-state index in [1.54, 1.807) is 0 Å². The number of amides is 1. The van der Waals surface area contributed by atoms with Crippen molar-refractivity contribution in [3.8, 4) is 0 Å². The van der Waals surface area contributed by atoms with E-state index in [1.165, 1.54) is 6.42 Å². The fourth-order valence-electron chi connectivity index (χ4n) is 5.21. The molecule has 1 aromatic rings. The molecule has 1 amide bonds. The van der Waals surface area contributed by atoms with Crippen molar-refractivity contribution in [2.24, 2.45) is 5.92 Å². The first-order chi connectivity index (χ1) is 13.5. The van der Waals surface area contributed by atoms with Crippen LogP contribution in [0.15, 0.2) is 24.4 Å². The van der Waals surface area contributed by atoms with E-state index in [9.17, 15) is 9.90 Å². The van der Waals surface area contributed by atoms with Crippen LogP contribution in [0.1, 0.15) is 58.3 Å². The van der Waals surface area contributed by atoms with Gasteiger partial charge in [-0.3, -0.25) is 4.79 Å². The molecule has 3 heterocycles. The van der Waals surface area contributed by atoms with Crippen LogP contribution in [-0.2, 0) is 9.53 Å². The smallest absolute Gasteiger partial charge is 0.223 e. The normalized spacial score (nSPS) is 30.9. The van der Waals surface area contributed by atoms with Gasteiger partial charge in [-0.15, -0.1) is 0 Å². The molecule has 1 aromatic heterocycles. The number of aromatic nitrogens is 1. The number of carbonyl (C=O) groups is 1. The van der Waals surface area contributed by atoms with Gasteiger partial charge in [0.1, 0.15) is 11.9 Å². The molecule has 154 valence electrons. The van der Waals surface area contributed by atoms with Gasteiger partial charge in [0, 0.05) is 31.8 Å². The standard InChI is InChI=1S/C22H33N3O3/c1-21(24-19(26)17-7-3-2-4-8-17)12-16-28-22(20(21)27)10-14-25(15-11-22)18-9-5-6-13-23-18/h5-6,9,13,17,20,27H,2-4,7-8,10-12,14-16H2,1H3,(H,24,26)/t20-,21+/m1/s1. The van der Waals surface area contributed by atoms with Crippen LogP contribution in [-0.4, -0.2) is 52.9 Å². The lowest BCUT2D eigenvalue weighted by atomic mass is 9.72. The van der Waals surface area contributed by atoms with Crippen LogP contribution in [0.5, 0.6) is 0 Å². The van der Waals surface area contributed by atoms with Crippen LogP contribution in [0.3, 0.4) is 0 Å². The Bertz CT molecular complexity index is 669. The Kier molecular flexibility index (Phi) is 5.61. The summed E-state index contributed by atoms with van der Waals surface area (Å²) >= 11 is 0. The van der Waals surface area contributed by atoms with Gasteiger partial charge >= 0.3 is 0 Å². The zero-order chi connectivity index (χ0) is 19.6. The SMILES string of the molecule is C[C@]1(NC(=O)C2CCCCC2)CCOC2(CCN(c3ccccn3)CC2)[C@@H]1O. The Morgan fingerprint density at radius 1 is 1.21 bits per heavy atom. The highest BCUT2D eigenvalue weighted by molar-refractivity contribution is 5.79. The van der Waals surface area contributed by atoms with E-state index < -0.39 is 17.2 Å². The summed E-state index contributed by atoms with van der Waals surface area (Å²) in [6, 6.07) is 5.94. The van der Waals surface area contributed by atoms with Gasteiger partial charge in [0.05, 0.1) is 11.1 Å². The second-order valence-electron chi connectivity index (χ2n) is 8.98. The topological polar surface area (TPSA) is 74.7 Å². The van der Waals surface area contributed by atoms with Crippen molar-refractivity contribution in [1.82, 2.24) is 10.3 Å². The number of hydrogen-bond donors (Lipinski definition) is 2. The van der Waals surface area contributed by atoms with Gasteiger partial charge in [-0.05, 0) is 51.2 Å².